The quantitative estimate of drug-likeness (QED) is 0.676. The number of hydrogen-bond acceptors (Lipinski definition) is 3. The lowest BCUT2D eigenvalue weighted by molar-refractivity contribution is 0.104. The fourth-order valence-electron chi connectivity index (χ4n) is 1.80. The molecule has 0 aliphatic rings. The number of aromatic hydroxyl groups is 1. The molecule has 4 nitrogen and oxygen atoms in total. The van der Waals surface area contributed by atoms with Crippen LogP contribution in [-0.4, -0.2) is 20.7 Å². The molecule has 0 spiro atoms. The number of ketones is 1. The highest BCUT2D eigenvalue weighted by Crippen LogP contribution is 2.17. The van der Waals surface area contributed by atoms with Crippen molar-refractivity contribution in [3.8, 4) is 5.75 Å². The summed E-state index contributed by atoms with van der Waals surface area (Å²) in [5.74, 6) is -0.222. The highest BCUT2D eigenvalue weighted by Gasteiger charge is 2.07. The standard InChI is InChI=1S/C15H16N2O2/c1-3-17-10-12(11(2)16-17)8-9-15(19)13-6-4-5-7-14(13)18/h4-10,18H,3H2,1-2H3. The first-order valence-corrected chi connectivity index (χ1v) is 6.16. The van der Waals surface area contributed by atoms with E-state index in [2.05, 4.69) is 5.10 Å². The molecular weight excluding hydrogens is 240 g/mol. The van der Waals surface area contributed by atoms with E-state index in [9.17, 15) is 9.90 Å². The van der Waals surface area contributed by atoms with Gasteiger partial charge in [0.1, 0.15) is 5.75 Å². The molecule has 0 aliphatic carbocycles. The van der Waals surface area contributed by atoms with E-state index in [4.69, 9.17) is 0 Å². The Hall–Kier alpha value is -2.36. The van der Waals surface area contributed by atoms with Gasteiger partial charge in [-0.2, -0.15) is 5.10 Å². The fourth-order valence-corrected chi connectivity index (χ4v) is 1.80. The van der Waals surface area contributed by atoms with Gasteiger partial charge in [0.2, 0.25) is 0 Å². The maximum absolute atomic E-state index is 12.0. The largest absolute Gasteiger partial charge is 0.507 e. The maximum Gasteiger partial charge on any atom is 0.189 e. The van der Waals surface area contributed by atoms with Gasteiger partial charge in [-0.3, -0.25) is 9.48 Å². The summed E-state index contributed by atoms with van der Waals surface area (Å²) in [4.78, 5) is 12.0. The van der Waals surface area contributed by atoms with E-state index < -0.39 is 0 Å². The molecule has 98 valence electrons. The first-order valence-electron chi connectivity index (χ1n) is 6.16. The third kappa shape index (κ3) is 2.91. The smallest absolute Gasteiger partial charge is 0.189 e. The van der Waals surface area contributed by atoms with Crippen molar-refractivity contribution < 1.29 is 9.90 Å². The molecule has 4 heteroatoms. The monoisotopic (exact) mass is 256 g/mol. The maximum atomic E-state index is 12.0. The average Bonchev–Trinajstić information content (AvgIpc) is 2.77. The molecule has 2 aromatic rings. The molecule has 0 amide bonds. The number of rotatable bonds is 4. The van der Waals surface area contributed by atoms with E-state index in [0.717, 1.165) is 17.8 Å². The van der Waals surface area contributed by atoms with Crippen molar-refractivity contribution in [2.45, 2.75) is 20.4 Å². The minimum atomic E-state index is -0.221. The molecule has 0 radical (unpaired) electrons. The zero-order valence-electron chi connectivity index (χ0n) is 11.0. The van der Waals surface area contributed by atoms with Gasteiger partial charge in [-0.05, 0) is 38.1 Å². The zero-order valence-corrected chi connectivity index (χ0v) is 11.0. The predicted molar refractivity (Wildman–Crippen MR) is 74.1 cm³/mol. The highest BCUT2D eigenvalue weighted by molar-refractivity contribution is 6.08. The van der Waals surface area contributed by atoms with Gasteiger partial charge >= 0.3 is 0 Å². The van der Waals surface area contributed by atoms with Crippen LogP contribution in [0.5, 0.6) is 5.75 Å². The summed E-state index contributed by atoms with van der Waals surface area (Å²) in [6.07, 6.45) is 5.08. The molecular formula is C15H16N2O2. The van der Waals surface area contributed by atoms with Gasteiger partial charge < -0.3 is 5.11 Å². The predicted octanol–water partition coefficient (Wildman–Crippen LogP) is 2.81. The second-order valence-electron chi connectivity index (χ2n) is 4.24. The van der Waals surface area contributed by atoms with Gasteiger partial charge in [-0.1, -0.05) is 12.1 Å². The second-order valence-corrected chi connectivity index (χ2v) is 4.24. The number of carbonyl (C=O) groups is 1. The first-order chi connectivity index (χ1) is 9.11. The van der Waals surface area contributed by atoms with Gasteiger partial charge in [-0.25, -0.2) is 0 Å². The second kappa shape index (κ2) is 5.52. The Kier molecular flexibility index (Phi) is 3.80. The number of benzene rings is 1. The SMILES string of the molecule is CCn1cc(C=CC(=O)c2ccccc2O)c(C)n1. The van der Waals surface area contributed by atoms with Crippen LogP contribution < -0.4 is 0 Å². The third-order valence-corrected chi connectivity index (χ3v) is 2.89. The van der Waals surface area contributed by atoms with Crippen LogP contribution >= 0.6 is 0 Å². The third-order valence-electron chi connectivity index (χ3n) is 2.89. The van der Waals surface area contributed by atoms with Crippen LogP contribution in [0, 0.1) is 6.92 Å². The molecule has 0 bridgehead atoms. The lowest BCUT2D eigenvalue weighted by atomic mass is 10.1. The number of nitrogens with zero attached hydrogens (tertiary/aromatic N) is 2. The van der Waals surface area contributed by atoms with Crippen molar-refractivity contribution in [3.63, 3.8) is 0 Å². The van der Waals surface area contributed by atoms with Crippen LogP contribution in [0.1, 0.15) is 28.5 Å². The molecule has 0 saturated heterocycles. The minimum absolute atomic E-state index is 0.00174. The Morgan fingerprint density at radius 1 is 1.42 bits per heavy atom. The van der Waals surface area contributed by atoms with Gasteiger partial charge in [0.25, 0.3) is 0 Å². The molecule has 0 aliphatic heterocycles. The van der Waals surface area contributed by atoms with Crippen molar-refractivity contribution in [1.29, 1.82) is 0 Å². The van der Waals surface area contributed by atoms with Crippen LogP contribution in [-0.2, 0) is 6.54 Å². The summed E-state index contributed by atoms with van der Waals surface area (Å²) in [5, 5.41) is 13.9. The number of hydrogen-bond donors (Lipinski definition) is 1. The van der Waals surface area contributed by atoms with Crippen LogP contribution in [0.3, 0.4) is 0 Å². The van der Waals surface area contributed by atoms with Gasteiger partial charge in [0.15, 0.2) is 5.78 Å². The van der Waals surface area contributed by atoms with Crippen LogP contribution in [0.15, 0.2) is 36.5 Å². The van der Waals surface area contributed by atoms with Crippen molar-refractivity contribution in [1.82, 2.24) is 9.78 Å². The number of phenolic OH excluding ortho intramolecular Hbond substituents is 1. The first kappa shape index (κ1) is 13.1. The molecule has 0 atom stereocenters. The summed E-state index contributed by atoms with van der Waals surface area (Å²) >= 11 is 0. The van der Waals surface area contributed by atoms with Crippen LogP contribution in [0.25, 0.3) is 6.08 Å². The normalized spacial score (nSPS) is 11.1. The molecule has 2 rings (SSSR count). The van der Waals surface area contributed by atoms with Crippen LogP contribution in [0.4, 0.5) is 0 Å². The Balaban J connectivity index is 2.21. The molecule has 0 saturated carbocycles. The van der Waals surface area contributed by atoms with Crippen molar-refractivity contribution in [2.75, 3.05) is 0 Å². The van der Waals surface area contributed by atoms with Crippen molar-refractivity contribution in [3.05, 3.63) is 53.4 Å². The van der Waals surface area contributed by atoms with E-state index in [-0.39, 0.29) is 11.5 Å². The number of aromatic nitrogens is 2. The number of phenols is 1. The van der Waals surface area contributed by atoms with E-state index in [1.54, 1.807) is 24.3 Å². The molecule has 1 aromatic heterocycles. The summed E-state index contributed by atoms with van der Waals surface area (Å²) in [6.45, 7) is 4.70. The van der Waals surface area contributed by atoms with Gasteiger partial charge in [0, 0.05) is 18.3 Å². The molecule has 1 N–H and O–H groups in total. The summed E-state index contributed by atoms with van der Waals surface area (Å²) in [6, 6.07) is 6.51. The number of aryl methyl sites for hydroxylation is 2. The molecule has 0 fully saturated rings. The Morgan fingerprint density at radius 2 is 2.16 bits per heavy atom. The van der Waals surface area contributed by atoms with Crippen molar-refractivity contribution in [2.24, 2.45) is 0 Å². The number of para-hydroxylation sites is 1. The van der Waals surface area contributed by atoms with E-state index in [1.807, 2.05) is 24.7 Å². The van der Waals surface area contributed by atoms with Crippen molar-refractivity contribution >= 4 is 11.9 Å². The van der Waals surface area contributed by atoms with Crippen LogP contribution in [0.2, 0.25) is 0 Å². The molecule has 19 heavy (non-hydrogen) atoms. The lowest BCUT2D eigenvalue weighted by Crippen LogP contribution is -1.94. The molecule has 0 unspecified atom stereocenters. The molecule has 1 aromatic carbocycles. The number of allylic oxidation sites excluding steroid dienone is 1. The minimum Gasteiger partial charge on any atom is -0.507 e. The summed E-state index contributed by atoms with van der Waals surface area (Å²) in [7, 11) is 0. The topological polar surface area (TPSA) is 55.1 Å². The Labute approximate surface area is 112 Å². The van der Waals surface area contributed by atoms with Gasteiger partial charge in [0.05, 0.1) is 11.3 Å². The van der Waals surface area contributed by atoms with E-state index in [0.29, 0.717) is 5.56 Å². The Bertz CT molecular complexity index is 627. The zero-order chi connectivity index (χ0) is 13.8. The molecule has 1 heterocycles. The summed E-state index contributed by atoms with van der Waals surface area (Å²) < 4.78 is 1.82. The fraction of sp³-hybridized carbons (Fsp3) is 0.200. The average molecular weight is 256 g/mol. The summed E-state index contributed by atoms with van der Waals surface area (Å²) in [5.41, 5.74) is 2.09. The van der Waals surface area contributed by atoms with E-state index in [1.165, 1.54) is 12.1 Å². The Morgan fingerprint density at radius 3 is 2.79 bits per heavy atom. The number of carbonyl (C=O) groups excluding carboxylic acids is 1. The van der Waals surface area contributed by atoms with E-state index >= 15 is 0 Å². The lowest BCUT2D eigenvalue weighted by Gasteiger charge is -1.98. The van der Waals surface area contributed by atoms with Gasteiger partial charge in [-0.15, -0.1) is 0 Å². The highest BCUT2D eigenvalue weighted by atomic mass is 16.3.